The summed E-state index contributed by atoms with van der Waals surface area (Å²) in [5.41, 5.74) is 8.33. The van der Waals surface area contributed by atoms with Gasteiger partial charge in [-0.1, -0.05) is 78.9 Å². The minimum absolute atomic E-state index is 0.883. The van der Waals surface area contributed by atoms with E-state index in [2.05, 4.69) is 113 Å². The van der Waals surface area contributed by atoms with Crippen LogP contribution in [0.15, 0.2) is 152 Å². The van der Waals surface area contributed by atoms with E-state index in [4.69, 9.17) is 4.98 Å². The minimum Gasteiger partial charge on any atom is -0.264 e. The Kier molecular flexibility index (Phi) is 5.79. The maximum Gasteiger partial charge on any atom is 0.0731 e. The Hall–Kier alpha value is -5.67. The van der Waals surface area contributed by atoms with Gasteiger partial charge in [-0.05, 0) is 103 Å². The highest BCUT2D eigenvalue weighted by Crippen LogP contribution is 2.38. The van der Waals surface area contributed by atoms with Crippen LogP contribution < -0.4 is 0 Å². The van der Waals surface area contributed by atoms with Gasteiger partial charge < -0.3 is 0 Å². The Bertz CT molecular complexity index is 2150. The second kappa shape index (κ2) is 10.1. The predicted octanol–water partition coefficient (Wildman–Crippen LogP) is 10.00. The van der Waals surface area contributed by atoms with E-state index in [1.807, 2.05) is 36.7 Å². The Labute approximate surface area is 243 Å². The molecule has 0 aliphatic heterocycles. The Morgan fingerprint density at radius 3 is 1.33 bits per heavy atom. The van der Waals surface area contributed by atoms with Crippen molar-refractivity contribution >= 4 is 32.3 Å². The van der Waals surface area contributed by atoms with E-state index in [0.717, 1.165) is 33.6 Å². The van der Waals surface area contributed by atoms with Gasteiger partial charge in [0.2, 0.25) is 0 Å². The molecular weight excluding hydrogens is 510 g/mol. The molecule has 3 aromatic heterocycles. The summed E-state index contributed by atoms with van der Waals surface area (Å²) < 4.78 is 0. The monoisotopic (exact) mass is 535 g/mol. The quantitative estimate of drug-likeness (QED) is 0.211. The van der Waals surface area contributed by atoms with Crippen LogP contribution >= 0.6 is 0 Å². The topological polar surface area (TPSA) is 38.7 Å². The van der Waals surface area contributed by atoms with Crippen LogP contribution in [0.5, 0.6) is 0 Å². The van der Waals surface area contributed by atoms with E-state index >= 15 is 0 Å². The second-order valence-electron chi connectivity index (χ2n) is 10.5. The van der Waals surface area contributed by atoms with Crippen LogP contribution in [0.1, 0.15) is 0 Å². The lowest BCUT2D eigenvalue weighted by Crippen LogP contribution is -1.92. The van der Waals surface area contributed by atoms with Crippen LogP contribution in [0, 0.1) is 0 Å². The van der Waals surface area contributed by atoms with Crippen LogP contribution in [-0.4, -0.2) is 15.0 Å². The third-order valence-electron chi connectivity index (χ3n) is 8.01. The first-order valence-corrected chi connectivity index (χ1v) is 14.1. The van der Waals surface area contributed by atoms with Crippen LogP contribution in [0.4, 0.5) is 0 Å². The van der Waals surface area contributed by atoms with E-state index in [1.54, 1.807) is 12.4 Å². The number of fused-ring (bicyclic) bond motifs is 6. The molecule has 0 saturated heterocycles. The molecule has 3 nitrogen and oxygen atoms in total. The molecule has 0 spiro atoms. The highest BCUT2D eigenvalue weighted by Gasteiger charge is 2.12. The summed E-state index contributed by atoms with van der Waals surface area (Å²) in [5, 5.41) is 7.69. The van der Waals surface area contributed by atoms with Gasteiger partial charge in [0.15, 0.2) is 0 Å². The largest absolute Gasteiger partial charge is 0.264 e. The fraction of sp³-hybridized carbons (Fsp3) is 0. The lowest BCUT2D eigenvalue weighted by molar-refractivity contribution is 1.26. The molecule has 8 rings (SSSR count). The van der Waals surface area contributed by atoms with Crippen LogP contribution in [0.2, 0.25) is 0 Å². The van der Waals surface area contributed by atoms with Crippen molar-refractivity contribution in [1.29, 1.82) is 0 Å². The molecule has 8 aromatic rings. The lowest BCUT2D eigenvalue weighted by Gasteiger charge is -2.13. The molecule has 42 heavy (non-hydrogen) atoms. The smallest absolute Gasteiger partial charge is 0.0731 e. The first-order valence-electron chi connectivity index (χ1n) is 14.1. The van der Waals surface area contributed by atoms with Gasteiger partial charge in [0.25, 0.3) is 0 Å². The number of rotatable bonds is 4. The van der Waals surface area contributed by atoms with Crippen molar-refractivity contribution in [2.45, 2.75) is 0 Å². The van der Waals surface area contributed by atoms with E-state index < -0.39 is 0 Å². The SMILES string of the molecule is c1cc(-c2cc(-c3cccnc3)nc(-c3cccnc3)c2)cc(-c2ccc3c4ccccc4c4ccccc4c3c2)c1. The van der Waals surface area contributed by atoms with Crippen molar-refractivity contribution in [1.82, 2.24) is 15.0 Å². The summed E-state index contributed by atoms with van der Waals surface area (Å²) in [5.74, 6) is 0. The zero-order valence-corrected chi connectivity index (χ0v) is 22.8. The van der Waals surface area contributed by atoms with Gasteiger partial charge >= 0.3 is 0 Å². The maximum atomic E-state index is 4.99. The van der Waals surface area contributed by atoms with Crippen molar-refractivity contribution in [3.8, 4) is 44.8 Å². The zero-order valence-electron chi connectivity index (χ0n) is 22.8. The van der Waals surface area contributed by atoms with Gasteiger partial charge in [0.05, 0.1) is 11.4 Å². The standard InChI is InChI=1S/C39H25N3/c1-2-14-34-32(12-1)33-13-3-4-15-35(33)37-21-28(16-17-36(34)37)26-8-5-9-27(20-26)31-22-38(29-10-6-18-40-24-29)42-39(23-31)30-11-7-19-41-25-30/h1-25H. The molecule has 0 atom stereocenters. The third kappa shape index (κ3) is 4.20. The fourth-order valence-electron chi connectivity index (χ4n) is 5.99. The van der Waals surface area contributed by atoms with Gasteiger partial charge in [0, 0.05) is 35.9 Å². The fourth-order valence-corrected chi connectivity index (χ4v) is 5.99. The van der Waals surface area contributed by atoms with Crippen LogP contribution in [0.25, 0.3) is 77.1 Å². The van der Waals surface area contributed by atoms with Crippen molar-refractivity contribution < 1.29 is 0 Å². The van der Waals surface area contributed by atoms with Crippen LogP contribution in [0.3, 0.4) is 0 Å². The molecule has 3 heteroatoms. The van der Waals surface area contributed by atoms with Gasteiger partial charge in [-0.25, -0.2) is 4.98 Å². The van der Waals surface area contributed by atoms with Crippen LogP contribution in [-0.2, 0) is 0 Å². The Morgan fingerprint density at radius 2 is 0.786 bits per heavy atom. The maximum absolute atomic E-state index is 4.99. The summed E-state index contributed by atoms with van der Waals surface area (Å²) >= 11 is 0. The number of hydrogen-bond donors (Lipinski definition) is 0. The Balaban J connectivity index is 1.29. The van der Waals surface area contributed by atoms with Crippen molar-refractivity contribution in [3.05, 3.63) is 152 Å². The normalized spacial score (nSPS) is 11.3. The van der Waals surface area contributed by atoms with E-state index in [1.165, 1.54) is 43.4 Å². The summed E-state index contributed by atoms with van der Waals surface area (Å²) in [7, 11) is 0. The first-order chi connectivity index (χ1) is 20.8. The molecule has 0 unspecified atom stereocenters. The Morgan fingerprint density at radius 1 is 0.310 bits per heavy atom. The van der Waals surface area contributed by atoms with Gasteiger partial charge in [-0.15, -0.1) is 0 Å². The highest BCUT2D eigenvalue weighted by atomic mass is 14.7. The first kappa shape index (κ1) is 24.2. The molecule has 5 aromatic carbocycles. The van der Waals surface area contributed by atoms with Gasteiger partial charge in [-0.2, -0.15) is 0 Å². The molecule has 3 heterocycles. The lowest BCUT2D eigenvalue weighted by atomic mass is 9.91. The van der Waals surface area contributed by atoms with Gasteiger partial charge in [-0.3, -0.25) is 9.97 Å². The number of benzene rings is 5. The molecule has 0 saturated carbocycles. The third-order valence-corrected chi connectivity index (χ3v) is 8.01. The van der Waals surface area contributed by atoms with Gasteiger partial charge in [0.1, 0.15) is 0 Å². The molecule has 0 aliphatic rings. The second-order valence-corrected chi connectivity index (χ2v) is 10.5. The summed E-state index contributed by atoms with van der Waals surface area (Å²) in [4.78, 5) is 13.7. The minimum atomic E-state index is 0.883. The molecule has 0 bridgehead atoms. The number of pyridine rings is 3. The average molecular weight is 536 g/mol. The summed E-state index contributed by atoms with van der Waals surface area (Å²) in [6, 6.07) is 45.4. The molecular formula is C39H25N3. The molecule has 0 amide bonds. The van der Waals surface area contributed by atoms with Crippen molar-refractivity contribution in [3.63, 3.8) is 0 Å². The number of nitrogens with zero attached hydrogens (tertiary/aromatic N) is 3. The molecule has 0 N–H and O–H groups in total. The molecule has 0 radical (unpaired) electrons. The van der Waals surface area contributed by atoms with E-state index in [9.17, 15) is 0 Å². The highest BCUT2D eigenvalue weighted by molar-refractivity contribution is 6.25. The summed E-state index contributed by atoms with van der Waals surface area (Å²) in [6.07, 6.45) is 7.29. The molecule has 196 valence electrons. The van der Waals surface area contributed by atoms with Crippen molar-refractivity contribution in [2.75, 3.05) is 0 Å². The average Bonchev–Trinajstić information content (AvgIpc) is 3.09. The summed E-state index contributed by atoms with van der Waals surface area (Å²) in [6.45, 7) is 0. The zero-order chi connectivity index (χ0) is 27.9. The number of aromatic nitrogens is 3. The van der Waals surface area contributed by atoms with Crippen molar-refractivity contribution in [2.24, 2.45) is 0 Å². The molecule has 0 aliphatic carbocycles. The predicted molar refractivity (Wildman–Crippen MR) is 174 cm³/mol. The number of hydrogen-bond acceptors (Lipinski definition) is 3. The molecule has 0 fully saturated rings. The van der Waals surface area contributed by atoms with E-state index in [-0.39, 0.29) is 0 Å². The van der Waals surface area contributed by atoms with E-state index in [0.29, 0.717) is 0 Å².